The van der Waals surface area contributed by atoms with Crippen LogP contribution < -0.4 is 14.8 Å². The minimum Gasteiger partial charge on any atom is -0.485 e. The molecular formula is C22H17N5O2S. The van der Waals surface area contributed by atoms with Crippen molar-refractivity contribution < 1.29 is 4.74 Å². The molecule has 0 aliphatic heterocycles. The molecule has 5 aromatic rings. The number of nitrogens with one attached hydrogen (secondary N) is 1. The van der Waals surface area contributed by atoms with Crippen LogP contribution in [0.2, 0.25) is 0 Å². The van der Waals surface area contributed by atoms with Gasteiger partial charge in [0.2, 0.25) is 4.96 Å². The lowest BCUT2D eigenvalue weighted by molar-refractivity contribution is 0.294. The lowest BCUT2D eigenvalue weighted by atomic mass is 10.1. The largest absolute Gasteiger partial charge is 0.485 e. The molecule has 0 radical (unpaired) electrons. The molecule has 30 heavy (non-hydrogen) atoms. The van der Waals surface area contributed by atoms with Crippen LogP contribution in [-0.2, 0) is 6.61 Å². The maximum atomic E-state index is 12.8. The highest BCUT2D eigenvalue weighted by Gasteiger charge is 2.13. The summed E-state index contributed by atoms with van der Waals surface area (Å²) in [7, 11) is 0. The number of rotatable bonds is 5. The summed E-state index contributed by atoms with van der Waals surface area (Å²) in [6, 6.07) is 17.6. The number of H-pyrrole nitrogens is 1. The number of thiazole rings is 1. The van der Waals surface area contributed by atoms with Gasteiger partial charge in [-0.15, -0.1) is 5.10 Å². The van der Waals surface area contributed by atoms with Crippen molar-refractivity contribution in [1.29, 1.82) is 0 Å². The molecule has 0 spiro atoms. The Hall–Kier alpha value is -3.78. The normalized spacial score (nSPS) is 12.0. The van der Waals surface area contributed by atoms with E-state index in [1.54, 1.807) is 6.20 Å². The lowest BCUT2D eigenvalue weighted by Crippen LogP contribution is -2.24. The van der Waals surface area contributed by atoms with Gasteiger partial charge in [-0.25, -0.2) is 0 Å². The molecule has 148 valence electrons. The fourth-order valence-corrected chi connectivity index (χ4v) is 4.10. The van der Waals surface area contributed by atoms with Crippen LogP contribution in [0.3, 0.4) is 0 Å². The van der Waals surface area contributed by atoms with E-state index in [9.17, 15) is 4.79 Å². The van der Waals surface area contributed by atoms with Crippen LogP contribution >= 0.6 is 11.3 Å². The van der Waals surface area contributed by atoms with Gasteiger partial charge in [-0.05, 0) is 24.6 Å². The SMILES string of the molecule is Cc1ccccc1OCc1nc2s/c(=C\c3cn[nH]c3-c3ccccc3)c(=O)n2n1. The molecule has 0 aliphatic rings. The number of nitrogens with zero attached hydrogens (tertiary/aromatic N) is 4. The first-order valence-corrected chi connectivity index (χ1v) is 10.2. The average Bonchev–Trinajstić information content (AvgIpc) is 3.46. The molecule has 1 N–H and O–H groups in total. The molecule has 0 atom stereocenters. The number of aromatic nitrogens is 5. The van der Waals surface area contributed by atoms with Gasteiger partial charge in [0.25, 0.3) is 5.56 Å². The minimum atomic E-state index is -0.204. The van der Waals surface area contributed by atoms with Crippen LogP contribution in [0.5, 0.6) is 5.75 Å². The third-order valence-corrected chi connectivity index (χ3v) is 5.65. The fourth-order valence-electron chi connectivity index (χ4n) is 3.18. The predicted molar refractivity (Wildman–Crippen MR) is 115 cm³/mol. The average molecular weight is 415 g/mol. The summed E-state index contributed by atoms with van der Waals surface area (Å²) in [5.74, 6) is 1.25. The Balaban J connectivity index is 1.45. The van der Waals surface area contributed by atoms with Crippen molar-refractivity contribution in [3.63, 3.8) is 0 Å². The number of hydrogen-bond acceptors (Lipinski definition) is 6. The van der Waals surface area contributed by atoms with E-state index < -0.39 is 0 Å². The van der Waals surface area contributed by atoms with Crippen molar-refractivity contribution in [2.24, 2.45) is 0 Å². The maximum absolute atomic E-state index is 12.8. The standard InChI is InChI=1S/C22H17N5O2S/c1-14-7-5-6-10-17(14)29-13-19-24-22-27(26-19)21(28)18(30-22)11-16-12-23-25-20(16)15-8-3-2-4-9-15/h2-12H,13H2,1H3,(H,23,25)/b18-11-. The highest BCUT2D eigenvalue weighted by atomic mass is 32.1. The first kappa shape index (κ1) is 18.3. The van der Waals surface area contributed by atoms with Crippen molar-refractivity contribution in [2.75, 3.05) is 0 Å². The molecule has 3 aromatic heterocycles. The molecule has 0 fully saturated rings. The first-order chi connectivity index (χ1) is 14.7. The summed E-state index contributed by atoms with van der Waals surface area (Å²) >= 11 is 1.30. The van der Waals surface area contributed by atoms with E-state index in [1.807, 2.05) is 67.6 Å². The van der Waals surface area contributed by atoms with E-state index in [0.29, 0.717) is 15.3 Å². The number of fused-ring (bicyclic) bond motifs is 1. The van der Waals surface area contributed by atoms with E-state index >= 15 is 0 Å². The van der Waals surface area contributed by atoms with Gasteiger partial charge in [0.15, 0.2) is 5.82 Å². The third-order valence-electron chi connectivity index (χ3n) is 4.69. The molecule has 0 amide bonds. The molecule has 5 rings (SSSR count). The number of para-hydroxylation sites is 1. The zero-order valence-electron chi connectivity index (χ0n) is 16.1. The van der Waals surface area contributed by atoms with Crippen LogP contribution in [0, 0.1) is 6.92 Å². The fraction of sp³-hybridized carbons (Fsp3) is 0.0909. The van der Waals surface area contributed by atoms with Gasteiger partial charge < -0.3 is 4.74 Å². The summed E-state index contributed by atoms with van der Waals surface area (Å²) in [5.41, 5.74) is 3.54. The van der Waals surface area contributed by atoms with E-state index in [0.717, 1.165) is 28.1 Å². The second-order valence-electron chi connectivity index (χ2n) is 6.76. The van der Waals surface area contributed by atoms with Gasteiger partial charge in [0, 0.05) is 11.1 Å². The Morgan fingerprint density at radius 1 is 1.13 bits per heavy atom. The molecule has 2 aromatic carbocycles. The van der Waals surface area contributed by atoms with Crippen molar-refractivity contribution in [2.45, 2.75) is 13.5 Å². The number of ether oxygens (including phenoxy) is 1. The van der Waals surface area contributed by atoms with Gasteiger partial charge in [0.1, 0.15) is 12.4 Å². The summed E-state index contributed by atoms with van der Waals surface area (Å²) in [6.45, 7) is 2.18. The van der Waals surface area contributed by atoms with Crippen LogP contribution in [0.4, 0.5) is 0 Å². The molecule has 7 nitrogen and oxygen atoms in total. The highest BCUT2D eigenvalue weighted by Crippen LogP contribution is 2.21. The molecule has 0 bridgehead atoms. The summed E-state index contributed by atoms with van der Waals surface area (Å²) in [4.78, 5) is 17.8. The summed E-state index contributed by atoms with van der Waals surface area (Å²) in [5, 5.41) is 11.5. The Morgan fingerprint density at radius 3 is 2.73 bits per heavy atom. The minimum absolute atomic E-state index is 0.204. The number of hydrogen-bond donors (Lipinski definition) is 1. The smallest absolute Gasteiger partial charge is 0.291 e. The molecule has 0 aliphatic carbocycles. The molecule has 0 saturated heterocycles. The first-order valence-electron chi connectivity index (χ1n) is 9.36. The van der Waals surface area contributed by atoms with Crippen LogP contribution in [0.25, 0.3) is 22.3 Å². The maximum Gasteiger partial charge on any atom is 0.291 e. The quantitative estimate of drug-likeness (QED) is 0.477. The molecule has 0 saturated carbocycles. The second-order valence-corrected chi connectivity index (χ2v) is 7.77. The Bertz CT molecular complexity index is 1440. The highest BCUT2D eigenvalue weighted by molar-refractivity contribution is 7.15. The summed E-state index contributed by atoms with van der Waals surface area (Å²) < 4.78 is 7.67. The van der Waals surface area contributed by atoms with E-state index in [4.69, 9.17) is 4.74 Å². The summed E-state index contributed by atoms with van der Waals surface area (Å²) in [6.07, 6.45) is 3.53. The Morgan fingerprint density at radius 2 is 1.93 bits per heavy atom. The lowest BCUT2D eigenvalue weighted by Gasteiger charge is -2.05. The van der Waals surface area contributed by atoms with E-state index in [-0.39, 0.29) is 12.2 Å². The van der Waals surface area contributed by atoms with E-state index in [2.05, 4.69) is 20.3 Å². The Kier molecular flexibility index (Phi) is 4.61. The van der Waals surface area contributed by atoms with Crippen molar-refractivity contribution in [3.05, 3.63) is 92.6 Å². The number of aromatic amines is 1. The topological polar surface area (TPSA) is 85.2 Å². The van der Waals surface area contributed by atoms with E-state index in [1.165, 1.54) is 15.9 Å². The van der Waals surface area contributed by atoms with Gasteiger partial charge >= 0.3 is 0 Å². The molecular weight excluding hydrogens is 398 g/mol. The van der Waals surface area contributed by atoms with Crippen LogP contribution in [-0.4, -0.2) is 24.8 Å². The zero-order valence-corrected chi connectivity index (χ0v) is 16.9. The van der Waals surface area contributed by atoms with Gasteiger partial charge in [-0.3, -0.25) is 9.89 Å². The van der Waals surface area contributed by atoms with Gasteiger partial charge in [-0.1, -0.05) is 59.9 Å². The monoisotopic (exact) mass is 415 g/mol. The van der Waals surface area contributed by atoms with Crippen molar-refractivity contribution >= 4 is 22.4 Å². The van der Waals surface area contributed by atoms with Crippen molar-refractivity contribution in [3.8, 4) is 17.0 Å². The van der Waals surface area contributed by atoms with Crippen LogP contribution in [0.15, 0.2) is 65.6 Å². The molecule has 0 unspecified atom stereocenters. The van der Waals surface area contributed by atoms with Gasteiger partial charge in [-0.2, -0.15) is 14.6 Å². The van der Waals surface area contributed by atoms with Crippen LogP contribution in [0.1, 0.15) is 17.0 Å². The van der Waals surface area contributed by atoms with Crippen molar-refractivity contribution in [1.82, 2.24) is 24.8 Å². The molecule has 8 heteroatoms. The third kappa shape index (κ3) is 3.37. The Labute approximate surface area is 175 Å². The zero-order chi connectivity index (χ0) is 20.5. The molecule has 3 heterocycles. The van der Waals surface area contributed by atoms with Gasteiger partial charge in [0.05, 0.1) is 16.4 Å². The number of benzene rings is 2. The predicted octanol–water partition coefficient (Wildman–Crippen LogP) is 2.98. The second kappa shape index (κ2) is 7.57. The number of aryl methyl sites for hydroxylation is 1.